The van der Waals surface area contributed by atoms with Gasteiger partial charge in [-0.05, 0) is 36.4 Å². The lowest BCUT2D eigenvalue weighted by Gasteiger charge is -2.08. The summed E-state index contributed by atoms with van der Waals surface area (Å²) in [6.07, 6.45) is 1.78. The molecule has 7 heteroatoms. The van der Waals surface area contributed by atoms with Crippen molar-refractivity contribution in [2.45, 2.75) is 0 Å². The number of aromatic amines is 1. The highest BCUT2D eigenvalue weighted by atomic mass is 32.1. The topological polar surface area (TPSA) is 92.5 Å². The molecule has 26 heavy (non-hydrogen) atoms. The Balaban J connectivity index is 1.62. The number of nitrogen functional groups attached to an aromatic ring is 1. The molecule has 2 aromatic carbocycles. The average molecular weight is 358 g/mol. The Morgan fingerprint density at radius 2 is 1.85 bits per heavy atom. The van der Waals surface area contributed by atoms with Gasteiger partial charge in [0, 0.05) is 17.3 Å². The van der Waals surface area contributed by atoms with Gasteiger partial charge in [0.05, 0.1) is 21.3 Å². The van der Waals surface area contributed by atoms with Gasteiger partial charge in [-0.3, -0.25) is 10.1 Å². The van der Waals surface area contributed by atoms with Crippen molar-refractivity contribution in [1.82, 2.24) is 20.2 Å². The largest absolute Gasteiger partial charge is 0.383 e. The second-order valence-corrected chi connectivity index (χ2v) is 6.88. The number of nitrogens with zero attached hydrogens (tertiary/aromatic N) is 3. The highest BCUT2D eigenvalue weighted by molar-refractivity contribution is 7.21. The molecule has 0 amide bonds. The van der Waals surface area contributed by atoms with E-state index in [9.17, 15) is 0 Å². The van der Waals surface area contributed by atoms with Gasteiger partial charge in [0.15, 0.2) is 5.82 Å². The number of fused-ring (bicyclic) bond motifs is 2. The van der Waals surface area contributed by atoms with Crippen LogP contribution in [0.3, 0.4) is 0 Å². The van der Waals surface area contributed by atoms with Crippen LogP contribution >= 0.6 is 11.3 Å². The van der Waals surface area contributed by atoms with Gasteiger partial charge in [0.25, 0.3) is 0 Å². The summed E-state index contributed by atoms with van der Waals surface area (Å²) in [6.45, 7) is 0. The van der Waals surface area contributed by atoms with Gasteiger partial charge in [0.2, 0.25) is 0 Å². The minimum absolute atomic E-state index is 0.491. The number of aromatic nitrogens is 4. The molecule has 3 aromatic heterocycles. The molecular formula is C19H14N6S. The van der Waals surface area contributed by atoms with Crippen LogP contribution in [0.25, 0.3) is 31.7 Å². The lowest BCUT2D eigenvalue weighted by Crippen LogP contribution is -1.95. The molecule has 0 aliphatic heterocycles. The number of pyridine rings is 1. The van der Waals surface area contributed by atoms with Crippen LogP contribution in [0.2, 0.25) is 0 Å². The Bertz CT molecular complexity index is 1200. The predicted octanol–water partition coefficient (Wildman–Crippen LogP) is 4.56. The van der Waals surface area contributed by atoms with Crippen LogP contribution in [-0.2, 0) is 0 Å². The molecule has 0 bridgehead atoms. The summed E-state index contributed by atoms with van der Waals surface area (Å²) in [7, 11) is 0. The van der Waals surface area contributed by atoms with Crippen LogP contribution in [0.5, 0.6) is 0 Å². The summed E-state index contributed by atoms with van der Waals surface area (Å²) < 4.78 is 1.11. The number of para-hydroxylation sites is 1. The normalized spacial score (nSPS) is 11.2. The van der Waals surface area contributed by atoms with Crippen molar-refractivity contribution in [3.05, 3.63) is 60.8 Å². The first-order valence-corrected chi connectivity index (χ1v) is 8.92. The van der Waals surface area contributed by atoms with E-state index in [1.807, 2.05) is 48.5 Å². The van der Waals surface area contributed by atoms with Gasteiger partial charge in [-0.2, -0.15) is 5.10 Å². The zero-order chi connectivity index (χ0) is 17.5. The molecular weight excluding hydrogens is 344 g/mol. The zero-order valence-electron chi connectivity index (χ0n) is 13.6. The third kappa shape index (κ3) is 2.37. The lowest BCUT2D eigenvalue weighted by molar-refractivity contribution is 1.10. The lowest BCUT2D eigenvalue weighted by atomic mass is 10.2. The van der Waals surface area contributed by atoms with E-state index in [0.29, 0.717) is 11.6 Å². The smallest absolute Gasteiger partial charge is 0.164 e. The predicted molar refractivity (Wildman–Crippen MR) is 107 cm³/mol. The first kappa shape index (κ1) is 14.9. The van der Waals surface area contributed by atoms with Gasteiger partial charge >= 0.3 is 0 Å². The Hall–Kier alpha value is -3.45. The van der Waals surface area contributed by atoms with Gasteiger partial charge in [-0.25, -0.2) is 4.98 Å². The highest BCUT2D eigenvalue weighted by Crippen LogP contribution is 2.38. The minimum atomic E-state index is 0.491. The fourth-order valence-electron chi connectivity index (χ4n) is 2.98. The summed E-state index contributed by atoms with van der Waals surface area (Å²) in [4.78, 5) is 9.10. The Morgan fingerprint density at radius 3 is 2.77 bits per heavy atom. The van der Waals surface area contributed by atoms with Crippen molar-refractivity contribution < 1.29 is 0 Å². The molecule has 3 heterocycles. The maximum Gasteiger partial charge on any atom is 0.164 e. The number of nitrogens with two attached hydrogens (primary N) is 1. The molecule has 4 N–H and O–H groups in total. The van der Waals surface area contributed by atoms with Gasteiger partial charge in [-0.15, -0.1) is 11.3 Å². The molecule has 0 unspecified atom stereocenters. The molecule has 126 valence electrons. The van der Waals surface area contributed by atoms with Crippen LogP contribution < -0.4 is 11.1 Å². The van der Waals surface area contributed by atoms with Crippen molar-refractivity contribution in [3.63, 3.8) is 0 Å². The molecule has 0 fully saturated rings. The first-order chi connectivity index (χ1) is 12.8. The standard InChI is InChI=1S/C19H14N6S/c20-17-16(19-23-14-6-1-2-9-15(14)26-19)18(25-24-17)22-13-8-3-7-12-11(13)5-4-10-21-12/h1-10H,(H4,20,22,24,25). The van der Waals surface area contributed by atoms with Crippen LogP contribution in [0.15, 0.2) is 60.8 Å². The molecule has 0 aliphatic rings. The second-order valence-electron chi connectivity index (χ2n) is 5.85. The Morgan fingerprint density at radius 1 is 0.962 bits per heavy atom. The number of nitrogens with one attached hydrogen (secondary N) is 2. The molecule has 6 nitrogen and oxygen atoms in total. The monoisotopic (exact) mass is 358 g/mol. The molecule has 0 spiro atoms. The molecule has 5 rings (SSSR count). The number of thiazole rings is 1. The van der Waals surface area contributed by atoms with E-state index in [1.165, 1.54) is 0 Å². The van der Waals surface area contributed by atoms with Crippen LogP contribution in [0.1, 0.15) is 0 Å². The zero-order valence-corrected chi connectivity index (χ0v) is 14.4. The summed E-state index contributed by atoms with van der Waals surface area (Å²) in [6, 6.07) is 17.9. The summed E-state index contributed by atoms with van der Waals surface area (Å²) in [5.41, 5.74) is 9.73. The van der Waals surface area contributed by atoms with Crippen molar-refractivity contribution in [2.75, 3.05) is 11.1 Å². The average Bonchev–Trinajstić information content (AvgIpc) is 3.25. The van der Waals surface area contributed by atoms with E-state index in [2.05, 4.69) is 26.6 Å². The number of H-pyrrole nitrogens is 1. The van der Waals surface area contributed by atoms with Gasteiger partial charge in [0.1, 0.15) is 10.8 Å². The summed E-state index contributed by atoms with van der Waals surface area (Å²) in [5.74, 6) is 1.14. The van der Waals surface area contributed by atoms with E-state index in [1.54, 1.807) is 17.5 Å². The third-order valence-electron chi connectivity index (χ3n) is 4.20. The summed E-state index contributed by atoms with van der Waals surface area (Å²) in [5, 5.41) is 12.4. The van der Waals surface area contributed by atoms with Gasteiger partial charge < -0.3 is 11.1 Å². The highest BCUT2D eigenvalue weighted by Gasteiger charge is 2.18. The number of hydrogen-bond donors (Lipinski definition) is 3. The maximum absolute atomic E-state index is 6.16. The van der Waals surface area contributed by atoms with Crippen LogP contribution in [-0.4, -0.2) is 20.2 Å². The number of benzene rings is 2. The number of hydrogen-bond acceptors (Lipinski definition) is 6. The van der Waals surface area contributed by atoms with Gasteiger partial charge in [-0.1, -0.05) is 18.2 Å². The van der Waals surface area contributed by atoms with Crippen molar-refractivity contribution in [3.8, 4) is 10.6 Å². The minimum Gasteiger partial charge on any atom is -0.383 e. The summed E-state index contributed by atoms with van der Waals surface area (Å²) >= 11 is 1.59. The Kier molecular flexibility index (Phi) is 3.32. The van der Waals surface area contributed by atoms with E-state index < -0.39 is 0 Å². The van der Waals surface area contributed by atoms with E-state index in [4.69, 9.17) is 10.7 Å². The van der Waals surface area contributed by atoms with Crippen molar-refractivity contribution >= 4 is 49.8 Å². The molecule has 0 atom stereocenters. The number of rotatable bonds is 3. The van der Waals surface area contributed by atoms with Crippen molar-refractivity contribution in [1.29, 1.82) is 0 Å². The van der Waals surface area contributed by atoms with E-state index >= 15 is 0 Å². The van der Waals surface area contributed by atoms with Crippen LogP contribution in [0, 0.1) is 0 Å². The van der Waals surface area contributed by atoms with Crippen LogP contribution in [0.4, 0.5) is 17.3 Å². The second kappa shape index (κ2) is 5.82. The molecule has 5 aromatic rings. The molecule has 0 radical (unpaired) electrons. The molecule has 0 aliphatic carbocycles. The molecule has 0 saturated carbocycles. The van der Waals surface area contributed by atoms with Crippen molar-refractivity contribution in [2.24, 2.45) is 0 Å². The Labute approximate surface area is 152 Å². The maximum atomic E-state index is 6.16. The van der Waals surface area contributed by atoms with E-state index in [-0.39, 0.29) is 0 Å². The third-order valence-corrected chi connectivity index (χ3v) is 5.25. The first-order valence-electron chi connectivity index (χ1n) is 8.10. The quantitative estimate of drug-likeness (QED) is 0.440. The SMILES string of the molecule is Nc1[nH]nc(Nc2cccc3ncccc23)c1-c1nc2ccccc2s1. The van der Waals surface area contributed by atoms with E-state index in [0.717, 1.165) is 37.4 Å². The fourth-order valence-corrected chi connectivity index (χ4v) is 4.01. The number of anilines is 3. The molecule has 0 saturated heterocycles. The fraction of sp³-hybridized carbons (Fsp3) is 0.